The third kappa shape index (κ3) is 4.72. The minimum Gasteiger partial charge on any atom is -0.416 e. The smallest absolute Gasteiger partial charge is 0.357 e. The van der Waals surface area contributed by atoms with E-state index < -0.39 is 40.8 Å². The largest absolute Gasteiger partial charge is 0.416 e. The summed E-state index contributed by atoms with van der Waals surface area (Å²) in [4.78, 5) is 19.0. The van der Waals surface area contributed by atoms with E-state index in [1.54, 1.807) is 0 Å². The van der Waals surface area contributed by atoms with E-state index in [-0.39, 0.29) is 10.7 Å². The van der Waals surface area contributed by atoms with Crippen LogP contribution in [0, 0.1) is 29.1 Å². The summed E-state index contributed by atoms with van der Waals surface area (Å²) in [5.41, 5.74) is 0. The highest BCUT2D eigenvalue weighted by Gasteiger charge is 2.30. The van der Waals surface area contributed by atoms with Crippen molar-refractivity contribution in [3.05, 3.63) is 39.0 Å². The summed E-state index contributed by atoms with van der Waals surface area (Å²) in [6.07, 6.45) is 3.98. The number of halogens is 5. The van der Waals surface area contributed by atoms with Crippen LogP contribution in [0.15, 0.2) is 0 Å². The summed E-state index contributed by atoms with van der Waals surface area (Å²) in [5, 5.41) is 3.52. The monoisotopic (exact) mass is 449 g/mol. The van der Waals surface area contributed by atoms with Crippen molar-refractivity contribution in [2.75, 3.05) is 25.0 Å². The number of hydrogen-bond acceptors (Lipinski definition) is 6. The lowest BCUT2D eigenvalue weighted by atomic mass is 10.1. The molecule has 0 spiro atoms. The minimum absolute atomic E-state index is 0.0978. The van der Waals surface area contributed by atoms with E-state index in [1.165, 1.54) is 0 Å². The van der Waals surface area contributed by atoms with Gasteiger partial charge in [-0.15, -0.1) is 11.3 Å². The van der Waals surface area contributed by atoms with Gasteiger partial charge in [-0.3, -0.25) is 4.90 Å². The highest BCUT2D eigenvalue weighted by Crippen LogP contribution is 2.32. The Kier molecular flexibility index (Phi) is 7.24. The quantitative estimate of drug-likeness (QED) is 0.215. The van der Waals surface area contributed by atoms with E-state index in [1.807, 2.05) is 6.92 Å². The van der Waals surface area contributed by atoms with E-state index >= 15 is 0 Å². The second-order valence-corrected chi connectivity index (χ2v) is 7.92. The molecule has 1 fully saturated rings. The lowest BCUT2D eigenvalue weighted by Gasteiger charge is -2.25. The number of nitrogens with zero attached hydrogens (tertiary/aromatic N) is 2. The lowest BCUT2D eigenvalue weighted by molar-refractivity contribution is 0.0722. The zero-order valence-corrected chi connectivity index (χ0v) is 17.0. The number of anilines is 1. The van der Waals surface area contributed by atoms with E-state index in [9.17, 15) is 26.7 Å². The Morgan fingerprint density at radius 1 is 1.03 bits per heavy atom. The number of thiazole rings is 1. The maximum Gasteiger partial charge on any atom is 0.357 e. The molecule has 0 bridgehead atoms. The van der Waals surface area contributed by atoms with Crippen LogP contribution in [0.4, 0.5) is 27.8 Å². The third-order valence-electron chi connectivity index (χ3n) is 4.57. The first-order valence-electron chi connectivity index (χ1n) is 9.53. The van der Waals surface area contributed by atoms with Gasteiger partial charge >= 0.3 is 5.97 Å². The summed E-state index contributed by atoms with van der Waals surface area (Å²) in [5.74, 6) is -13.8. The first-order chi connectivity index (χ1) is 14.3. The number of esters is 1. The number of likely N-dealkylation sites (tertiary alicyclic amines) is 1. The summed E-state index contributed by atoms with van der Waals surface area (Å²) in [6, 6.07) is 0. The molecule has 1 aromatic heterocycles. The van der Waals surface area contributed by atoms with Crippen molar-refractivity contribution in [2.45, 2.75) is 39.2 Å². The van der Waals surface area contributed by atoms with Gasteiger partial charge in [0.25, 0.3) is 0 Å². The Balaban J connectivity index is 1.87. The molecule has 0 unspecified atom stereocenters. The zero-order chi connectivity index (χ0) is 21.8. The number of hydrogen-bond donors (Lipinski definition) is 1. The summed E-state index contributed by atoms with van der Waals surface area (Å²) in [6.45, 7) is 4.63. The molecule has 0 amide bonds. The topological polar surface area (TPSA) is 54.5 Å². The molecular formula is C19H20F5N3O2S. The number of piperidine rings is 1. The lowest BCUT2D eigenvalue weighted by Crippen LogP contribution is -2.29. The van der Waals surface area contributed by atoms with Crippen molar-refractivity contribution in [1.29, 1.82) is 0 Å². The molecular weight excluding hydrogens is 429 g/mol. The number of rotatable bonds is 7. The van der Waals surface area contributed by atoms with Gasteiger partial charge < -0.3 is 10.1 Å². The molecule has 5 nitrogen and oxygen atoms in total. The van der Waals surface area contributed by atoms with Crippen molar-refractivity contribution in [1.82, 2.24) is 9.88 Å². The van der Waals surface area contributed by atoms with Gasteiger partial charge in [-0.1, -0.05) is 13.3 Å². The molecule has 2 aromatic rings. The molecule has 0 saturated carbocycles. The van der Waals surface area contributed by atoms with E-state index in [4.69, 9.17) is 0 Å². The molecule has 1 aliphatic heterocycles. The van der Waals surface area contributed by atoms with E-state index in [2.05, 4.69) is 19.9 Å². The summed E-state index contributed by atoms with van der Waals surface area (Å²) >= 11 is 0.958. The molecule has 164 valence electrons. The van der Waals surface area contributed by atoms with Crippen molar-refractivity contribution in [2.24, 2.45) is 0 Å². The van der Waals surface area contributed by atoms with Gasteiger partial charge in [0.05, 0.1) is 6.54 Å². The number of aromatic nitrogens is 1. The Morgan fingerprint density at radius 2 is 1.63 bits per heavy atom. The summed E-state index contributed by atoms with van der Waals surface area (Å²) in [7, 11) is 0. The maximum absolute atomic E-state index is 13.9. The van der Waals surface area contributed by atoms with Crippen LogP contribution in [0.1, 0.15) is 47.3 Å². The maximum atomic E-state index is 13.9. The average Bonchev–Trinajstić information content (AvgIpc) is 3.15. The fourth-order valence-corrected chi connectivity index (χ4v) is 4.02. The predicted octanol–water partition coefficient (Wildman–Crippen LogP) is 4.87. The Hall–Kier alpha value is -2.27. The first kappa shape index (κ1) is 22.4. The zero-order valence-electron chi connectivity index (χ0n) is 16.2. The highest BCUT2D eigenvalue weighted by molar-refractivity contribution is 7.14. The second kappa shape index (κ2) is 9.69. The van der Waals surface area contributed by atoms with Gasteiger partial charge in [0, 0.05) is 6.54 Å². The number of ether oxygens (including phenoxy) is 1. The highest BCUT2D eigenvalue weighted by atomic mass is 32.1. The van der Waals surface area contributed by atoms with Crippen LogP contribution in [0.5, 0.6) is 5.75 Å². The standard InChI is InChI=1S/C19H20F5N3O2S/c1-2-6-25-18-17(30-10(26-18)9-27-7-4-3-5-8-27)19(28)29-16-14(23)12(21)11(20)13(22)15(16)24/h25H,2-9H2,1H3. The van der Waals surface area contributed by atoms with Crippen LogP contribution >= 0.6 is 11.3 Å². The van der Waals surface area contributed by atoms with Crippen molar-refractivity contribution >= 4 is 23.1 Å². The van der Waals surface area contributed by atoms with Crippen LogP contribution < -0.4 is 10.1 Å². The van der Waals surface area contributed by atoms with Crippen LogP contribution in [-0.2, 0) is 6.54 Å². The SMILES string of the molecule is CCCNc1nc(CN2CCCCC2)sc1C(=O)Oc1c(F)c(F)c(F)c(F)c1F. The molecule has 0 radical (unpaired) electrons. The molecule has 1 aliphatic rings. The second-order valence-electron chi connectivity index (χ2n) is 6.84. The average molecular weight is 449 g/mol. The predicted molar refractivity (Wildman–Crippen MR) is 101 cm³/mol. The molecule has 30 heavy (non-hydrogen) atoms. The van der Waals surface area contributed by atoms with Gasteiger partial charge in [0.2, 0.25) is 34.8 Å². The van der Waals surface area contributed by atoms with Crippen molar-refractivity contribution in [3.63, 3.8) is 0 Å². The number of benzene rings is 1. The number of carbonyl (C=O) groups is 1. The van der Waals surface area contributed by atoms with Crippen molar-refractivity contribution in [3.8, 4) is 5.75 Å². The minimum atomic E-state index is -2.32. The molecule has 2 heterocycles. The van der Waals surface area contributed by atoms with E-state index in [0.29, 0.717) is 24.5 Å². The fourth-order valence-electron chi connectivity index (χ4n) is 3.06. The Labute approximate surface area is 173 Å². The van der Waals surface area contributed by atoms with Crippen LogP contribution in [0.2, 0.25) is 0 Å². The van der Waals surface area contributed by atoms with Gasteiger partial charge in [0.1, 0.15) is 5.01 Å². The third-order valence-corrected chi connectivity index (χ3v) is 5.59. The fraction of sp³-hybridized carbons (Fsp3) is 0.474. The van der Waals surface area contributed by atoms with Gasteiger partial charge in [0.15, 0.2) is 10.7 Å². The molecule has 11 heteroatoms. The van der Waals surface area contributed by atoms with Crippen LogP contribution in [-0.4, -0.2) is 35.5 Å². The van der Waals surface area contributed by atoms with Gasteiger partial charge in [-0.05, 0) is 32.4 Å². The Morgan fingerprint density at radius 3 is 2.23 bits per heavy atom. The number of carbonyl (C=O) groups excluding carboxylic acids is 1. The molecule has 3 rings (SSSR count). The number of nitrogens with one attached hydrogen (secondary N) is 1. The normalized spacial score (nSPS) is 14.7. The molecule has 1 N–H and O–H groups in total. The first-order valence-corrected chi connectivity index (χ1v) is 10.3. The van der Waals surface area contributed by atoms with Crippen molar-refractivity contribution < 1.29 is 31.5 Å². The molecule has 0 atom stereocenters. The molecule has 1 aromatic carbocycles. The van der Waals surface area contributed by atoms with Gasteiger partial charge in [-0.25, -0.2) is 22.9 Å². The summed E-state index contributed by atoms with van der Waals surface area (Å²) < 4.78 is 72.3. The molecule has 1 saturated heterocycles. The molecule has 0 aliphatic carbocycles. The van der Waals surface area contributed by atoms with Crippen LogP contribution in [0.25, 0.3) is 0 Å². The van der Waals surface area contributed by atoms with Gasteiger partial charge in [-0.2, -0.15) is 8.78 Å². The Bertz CT molecular complexity index is 902. The van der Waals surface area contributed by atoms with E-state index in [0.717, 1.165) is 43.7 Å². The van der Waals surface area contributed by atoms with Crippen LogP contribution in [0.3, 0.4) is 0 Å².